The average Bonchev–Trinajstić information content (AvgIpc) is 2.50. The molecule has 1 aromatic heterocycles. The molecule has 0 aliphatic rings. The van der Waals surface area contributed by atoms with Crippen molar-refractivity contribution in [3.63, 3.8) is 0 Å². The lowest BCUT2D eigenvalue weighted by Crippen LogP contribution is -2.16. The highest BCUT2D eigenvalue weighted by molar-refractivity contribution is 7.85. The molecule has 1 heterocycles. The van der Waals surface area contributed by atoms with Gasteiger partial charge in [-0.05, 0) is 36.1 Å². The van der Waals surface area contributed by atoms with E-state index >= 15 is 0 Å². The highest BCUT2D eigenvalue weighted by atomic mass is 32.2. The molecule has 4 nitrogen and oxygen atoms in total. The maximum absolute atomic E-state index is 12.3. The first kappa shape index (κ1) is 15.5. The van der Waals surface area contributed by atoms with Crippen LogP contribution in [-0.2, 0) is 18.0 Å². The summed E-state index contributed by atoms with van der Waals surface area (Å²) in [7, 11) is 0.633. The van der Waals surface area contributed by atoms with Crippen LogP contribution >= 0.6 is 0 Å². The van der Waals surface area contributed by atoms with Gasteiger partial charge in [0.25, 0.3) is 5.56 Å². The third kappa shape index (κ3) is 3.05. The summed E-state index contributed by atoms with van der Waals surface area (Å²) in [5.74, 6) is 0. The molecule has 0 saturated heterocycles. The van der Waals surface area contributed by atoms with E-state index in [1.165, 1.54) is 0 Å². The normalized spacial score (nSPS) is 12.3. The highest BCUT2D eigenvalue weighted by Gasteiger charge is 2.10. The predicted molar refractivity (Wildman–Crippen MR) is 97.1 cm³/mol. The molecule has 0 amide bonds. The SMILES string of the molecule is Cc1ccc2c(=O)n(C)cc(-c3cccc(NS(C)=O)c3)c2c1. The minimum Gasteiger partial charge on any atom is -0.317 e. The number of nitrogens with zero attached hydrogens (tertiary/aromatic N) is 1. The van der Waals surface area contributed by atoms with E-state index in [4.69, 9.17) is 0 Å². The van der Waals surface area contributed by atoms with Crippen LogP contribution < -0.4 is 10.3 Å². The Bertz CT molecular complexity index is 976. The molecule has 2 aromatic carbocycles. The van der Waals surface area contributed by atoms with E-state index in [1.54, 1.807) is 17.9 Å². The molecule has 1 atom stereocenters. The minimum atomic E-state index is -1.13. The number of rotatable bonds is 3. The van der Waals surface area contributed by atoms with Gasteiger partial charge in [0.2, 0.25) is 0 Å². The van der Waals surface area contributed by atoms with Crippen LogP contribution in [0.15, 0.2) is 53.5 Å². The van der Waals surface area contributed by atoms with Crippen molar-refractivity contribution in [2.75, 3.05) is 11.0 Å². The van der Waals surface area contributed by atoms with Crippen molar-refractivity contribution in [2.45, 2.75) is 6.92 Å². The Balaban J connectivity index is 2.28. The third-order valence-electron chi connectivity index (χ3n) is 3.77. The molecule has 5 heteroatoms. The Morgan fingerprint density at radius 2 is 1.87 bits per heavy atom. The van der Waals surface area contributed by atoms with Crippen molar-refractivity contribution in [3.05, 3.63) is 64.6 Å². The van der Waals surface area contributed by atoms with Crippen molar-refractivity contribution < 1.29 is 4.21 Å². The van der Waals surface area contributed by atoms with Crippen LogP contribution in [0.4, 0.5) is 5.69 Å². The van der Waals surface area contributed by atoms with Gasteiger partial charge in [-0.1, -0.05) is 29.8 Å². The molecule has 23 heavy (non-hydrogen) atoms. The van der Waals surface area contributed by atoms with Crippen LogP contribution in [-0.4, -0.2) is 15.0 Å². The molecule has 0 fully saturated rings. The lowest BCUT2D eigenvalue weighted by molar-refractivity contribution is 0.690. The summed E-state index contributed by atoms with van der Waals surface area (Å²) in [6, 6.07) is 13.6. The van der Waals surface area contributed by atoms with E-state index in [9.17, 15) is 9.00 Å². The van der Waals surface area contributed by atoms with Crippen LogP contribution in [0.5, 0.6) is 0 Å². The van der Waals surface area contributed by atoms with Gasteiger partial charge >= 0.3 is 0 Å². The Hall–Kier alpha value is -2.40. The van der Waals surface area contributed by atoms with Gasteiger partial charge in [-0.25, -0.2) is 4.21 Å². The number of pyridine rings is 1. The fourth-order valence-electron chi connectivity index (χ4n) is 2.73. The second kappa shape index (κ2) is 6.01. The summed E-state index contributed by atoms with van der Waals surface area (Å²) < 4.78 is 15.9. The highest BCUT2D eigenvalue weighted by Crippen LogP contribution is 2.29. The maximum Gasteiger partial charge on any atom is 0.258 e. The van der Waals surface area contributed by atoms with Crippen molar-refractivity contribution in [1.29, 1.82) is 0 Å². The van der Waals surface area contributed by atoms with Crippen LogP contribution in [0.25, 0.3) is 21.9 Å². The number of benzene rings is 2. The van der Waals surface area contributed by atoms with E-state index in [0.29, 0.717) is 5.39 Å². The van der Waals surface area contributed by atoms with Crippen molar-refractivity contribution >= 4 is 27.4 Å². The standard InChI is InChI=1S/C18H18N2O2S/c1-12-7-8-15-16(9-12)17(11-20(2)18(15)21)13-5-4-6-14(10-13)19-23(3)22/h4-11,19H,1-3H3. The van der Waals surface area contributed by atoms with Crippen molar-refractivity contribution in [2.24, 2.45) is 7.05 Å². The molecule has 3 aromatic rings. The number of nitrogens with one attached hydrogen (secondary N) is 1. The molecule has 0 aliphatic carbocycles. The maximum atomic E-state index is 12.3. The summed E-state index contributed by atoms with van der Waals surface area (Å²) in [5.41, 5.74) is 3.85. The topological polar surface area (TPSA) is 51.1 Å². The van der Waals surface area contributed by atoms with Gasteiger partial charge < -0.3 is 9.29 Å². The molecule has 1 N–H and O–H groups in total. The largest absolute Gasteiger partial charge is 0.317 e. The van der Waals surface area contributed by atoms with Gasteiger partial charge in [-0.3, -0.25) is 4.79 Å². The zero-order chi connectivity index (χ0) is 16.6. The smallest absolute Gasteiger partial charge is 0.258 e. The number of fused-ring (bicyclic) bond motifs is 1. The van der Waals surface area contributed by atoms with Crippen LogP contribution in [0.1, 0.15) is 5.56 Å². The van der Waals surface area contributed by atoms with Gasteiger partial charge in [0, 0.05) is 36.1 Å². The van der Waals surface area contributed by atoms with Crippen LogP contribution in [0, 0.1) is 6.92 Å². The molecular formula is C18H18N2O2S. The van der Waals surface area contributed by atoms with E-state index in [1.807, 2.05) is 55.6 Å². The van der Waals surface area contributed by atoms with Crippen molar-refractivity contribution in [1.82, 2.24) is 4.57 Å². The first-order chi connectivity index (χ1) is 11.0. The van der Waals surface area contributed by atoms with E-state index in [2.05, 4.69) is 4.72 Å². The fraction of sp³-hybridized carbons (Fsp3) is 0.167. The van der Waals surface area contributed by atoms with Crippen LogP contribution in [0.3, 0.4) is 0 Å². The lowest BCUT2D eigenvalue weighted by Gasteiger charge is -2.12. The quantitative estimate of drug-likeness (QED) is 0.803. The minimum absolute atomic E-state index is 0.00677. The Morgan fingerprint density at radius 1 is 1.09 bits per heavy atom. The summed E-state index contributed by atoms with van der Waals surface area (Å²) in [5, 5.41) is 1.64. The van der Waals surface area contributed by atoms with E-state index < -0.39 is 11.0 Å². The average molecular weight is 326 g/mol. The summed E-state index contributed by atoms with van der Waals surface area (Å²) in [4.78, 5) is 12.3. The number of anilines is 1. The number of aryl methyl sites for hydroxylation is 2. The molecule has 0 radical (unpaired) electrons. The predicted octanol–water partition coefficient (Wildman–Crippen LogP) is 3.22. The molecule has 1 unspecified atom stereocenters. The molecule has 3 rings (SSSR count). The zero-order valence-corrected chi connectivity index (χ0v) is 14.1. The lowest BCUT2D eigenvalue weighted by atomic mass is 9.99. The van der Waals surface area contributed by atoms with Gasteiger partial charge in [-0.2, -0.15) is 0 Å². The number of aromatic nitrogens is 1. The van der Waals surface area contributed by atoms with E-state index in [-0.39, 0.29) is 5.56 Å². The van der Waals surface area contributed by atoms with Gasteiger partial charge in [0.15, 0.2) is 0 Å². The first-order valence-corrected chi connectivity index (χ1v) is 8.82. The van der Waals surface area contributed by atoms with Gasteiger partial charge in [-0.15, -0.1) is 0 Å². The summed E-state index contributed by atoms with van der Waals surface area (Å²) in [6.07, 6.45) is 3.45. The second-order valence-electron chi connectivity index (χ2n) is 5.64. The first-order valence-electron chi connectivity index (χ1n) is 7.26. The molecule has 0 spiro atoms. The summed E-state index contributed by atoms with van der Waals surface area (Å²) >= 11 is 0. The zero-order valence-electron chi connectivity index (χ0n) is 13.3. The van der Waals surface area contributed by atoms with Crippen molar-refractivity contribution in [3.8, 4) is 11.1 Å². The number of hydrogen-bond donors (Lipinski definition) is 1. The van der Waals surface area contributed by atoms with Crippen LogP contribution in [0.2, 0.25) is 0 Å². The van der Waals surface area contributed by atoms with Gasteiger partial charge in [0.1, 0.15) is 11.0 Å². The second-order valence-corrected chi connectivity index (χ2v) is 6.76. The third-order valence-corrected chi connectivity index (χ3v) is 4.30. The molecule has 0 bridgehead atoms. The molecule has 118 valence electrons. The molecule has 0 saturated carbocycles. The molecule has 0 aliphatic heterocycles. The van der Waals surface area contributed by atoms with E-state index in [0.717, 1.165) is 27.8 Å². The number of hydrogen-bond acceptors (Lipinski definition) is 2. The monoisotopic (exact) mass is 326 g/mol. The Kier molecular flexibility index (Phi) is 4.05. The summed E-state index contributed by atoms with van der Waals surface area (Å²) in [6.45, 7) is 2.01. The Morgan fingerprint density at radius 3 is 2.61 bits per heavy atom. The Labute approximate surface area is 137 Å². The fourth-order valence-corrected chi connectivity index (χ4v) is 3.18. The van der Waals surface area contributed by atoms with Gasteiger partial charge in [0.05, 0.1) is 0 Å². The molecular weight excluding hydrogens is 308 g/mol.